The molecule has 0 saturated carbocycles. The predicted octanol–water partition coefficient (Wildman–Crippen LogP) is -4.08. The maximum Gasteiger partial charge on any atom is 1.00 e. The van der Waals surface area contributed by atoms with Gasteiger partial charge in [-0.1, -0.05) is 0 Å². The maximum atomic E-state index is 8.44. The Morgan fingerprint density at radius 1 is 1.18 bits per heavy atom. The van der Waals surface area contributed by atoms with Gasteiger partial charge in [0, 0.05) is 0 Å². The van der Waals surface area contributed by atoms with E-state index in [2.05, 4.69) is 0 Å². The van der Waals surface area contributed by atoms with Gasteiger partial charge in [-0.25, -0.2) is 0 Å². The third-order valence-electron chi connectivity index (χ3n) is 0.744. The molecule has 1 saturated heterocycles. The van der Waals surface area contributed by atoms with Crippen LogP contribution in [0.3, 0.4) is 0 Å². The molecule has 1 aliphatic heterocycles. The quantitative estimate of drug-likeness (QED) is 0.376. The Balaban J connectivity index is 0. The Hall–Kier alpha value is 0.190. The zero-order valence-corrected chi connectivity index (χ0v) is 8.41. The summed E-state index contributed by atoms with van der Waals surface area (Å²) in [5.41, 5.74) is 0. The fourth-order valence-corrected chi connectivity index (χ4v) is 0.440. The van der Waals surface area contributed by atoms with Crippen molar-refractivity contribution in [1.29, 1.82) is 0 Å². The zero-order valence-electron chi connectivity index (χ0n) is 6.41. The molecule has 0 aromatic heterocycles. The molecular formula is C5H9NaO5. The largest absolute Gasteiger partial charge is 1.00 e. The van der Waals surface area contributed by atoms with Crippen LogP contribution in [-0.4, -0.2) is 37.7 Å². The topological polar surface area (TPSA) is 78.8 Å². The Morgan fingerprint density at radius 2 is 1.36 bits per heavy atom. The second-order valence-electron chi connectivity index (χ2n) is 1.49. The van der Waals surface area contributed by atoms with Crippen molar-refractivity contribution >= 4 is 6.16 Å². The Morgan fingerprint density at radius 3 is 1.45 bits per heavy atom. The molecule has 1 N–H and O–H groups in total. The van der Waals surface area contributed by atoms with Crippen molar-refractivity contribution in [2.24, 2.45) is 0 Å². The molecule has 0 unspecified atom stereocenters. The van der Waals surface area contributed by atoms with E-state index in [1.807, 2.05) is 0 Å². The van der Waals surface area contributed by atoms with Crippen molar-refractivity contribution in [3.8, 4) is 0 Å². The summed E-state index contributed by atoms with van der Waals surface area (Å²) in [7, 11) is 0. The maximum absolute atomic E-state index is 8.44. The van der Waals surface area contributed by atoms with Crippen molar-refractivity contribution < 1.29 is 54.0 Å². The van der Waals surface area contributed by atoms with Gasteiger partial charge in [-0.15, -0.1) is 0 Å². The average Bonchev–Trinajstić information content (AvgIpc) is 1.90. The SMILES string of the molecule is C1COCCO1.O=C([O-])O.[Na+]. The minimum Gasteiger partial charge on any atom is -0.565 e. The molecule has 0 atom stereocenters. The molecule has 5 nitrogen and oxygen atoms in total. The Kier molecular flexibility index (Phi) is 12.7. The van der Waals surface area contributed by atoms with Crippen LogP contribution in [0.4, 0.5) is 4.79 Å². The van der Waals surface area contributed by atoms with Gasteiger partial charge in [0.15, 0.2) is 0 Å². The number of hydrogen-bond acceptors (Lipinski definition) is 4. The smallest absolute Gasteiger partial charge is 0.565 e. The monoisotopic (exact) mass is 172 g/mol. The summed E-state index contributed by atoms with van der Waals surface area (Å²) in [6.07, 6.45) is -2.08. The molecule has 0 aromatic carbocycles. The molecular weight excluding hydrogens is 163 g/mol. The average molecular weight is 172 g/mol. The summed E-state index contributed by atoms with van der Waals surface area (Å²) in [6, 6.07) is 0. The summed E-state index contributed by atoms with van der Waals surface area (Å²) < 4.78 is 9.89. The van der Waals surface area contributed by atoms with E-state index in [1.54, 1.807) is 0 Å². The third kappa shape index (κ3) is 17.8. The Labute approximate surface area is 86.6 Å². The normalized spacial score (nSPS) is 15.3. The van der Waals surface area contributed by atoms with Crippen LogP contribution in [0.25, 0.3) is 0 Å². The van der Waals surface area contributed by atoms with Crippen LogP contribution in [0.1, 0.15) is 0 Å². The van der Waals surface area contributed by atoms with Crippen molar-refractivity contribution in [1.82, 2.24) is 0 Å². The van der Waals surface area contributed by atoms with Crippen LogP contribution in [0, 0.1) is 0 Å². The molecule has 0 aromatic rings. The Bertz CT molecular complexity index is 77.4. The molecule has 1 aliphatic rings. The second-order valence-corrected chi connectivity index (χ2v) is 1.49. The number of carbonyl (C=O) groups is 1. The van der Waals surface area contributed by atoms with Gasteiger partial charge in [0.1, 0.15) is 0 Å². The molecule has 6 heteroatoms. The van der Waals surface area contributed by atoms with Gasteiger partial charge in [0.25, 0.3) is 0 Å². The number of rotatable bonds is 0. The van der Waals surface area contributed by atoms with Gasteiger partial charge in [-0.3, -0.25) is 0 Å². The van der Waals surface area contributed by atoms with Crippen LogP contribution in [0.15, 0.2) is 0 Å². The van der Waals surface area contributed by atoms with Gasteiger partial charge in [0.2, 0.25) is 6.16 Å². The summed E-state index contributed by atoms with van der Waals surface area (Å²) in [6.45, 7) is 3.11. The molecule has 0 spiro atoms. The minimum atomic E-state index is -2.08. The van der Waals surface area contributed by atoms with E-state index in [4.69, 9.17) is 24.5 Å². The first kappa shape index (κ1) is 13.8. The molecule has 11 heavy (non-hydrogen) atoms. The summed E-state index contributed by atoms with van der Waals surface area (Å²) >= 11 is 0. The van der Waals surface area contributed by atoms with Gasteiger partial charge >= 0.3 is 29.6 Å². The molecule has 0 radical (unpaired) electrons. The van der Waals surface area contributed by atoms with Crippen molar-refractivity contribution in [2.75, 3.05) is 26.4 Å². The second kappa shape index (κ2) is 10.2. The molecule has 1 fully saturated rings. The van der Waals surface area contributed by atoms with Crippen LogP contribution < -0.4 is 34.7 Å². The van der Waals surface area contributed by atoms with Gasteiger partial charge in [0.05, 0.1) is 26.4 Å². The van der Waals surface area contributed by atoms with E-state index in [9.17, 15) is 0 Å². The fraction of sp³-hybridized carbons (Fsp3) is 0.800. The number of carboxylic acid groups (broad SMARTS) is 2. The molecule has 0 bridgehead atoms. The first-order valence-corrected chi connectivity index (χ1v) is 2.79. The van der Waals surface area contributed by atoms with Crippen LogP contribution in [0.2, 0.25) is 0 Å². The van der Waals surface area contributed by atoms with Crippen molar-refractivity contribution in [3.05, 3.63) is 0 Å². The zero-order chi connectivity index (χ0) is 7.82. The van der Waals surface area contributed by atoms with E-state index in [1.165, 1.54) is 0 Å². The van der Waals surface area contributed by atoms with E-state index < -0.39 is 6.16 Å². The van der Waals surface area contributed by atoms with Crippen molar-refractivity contribution in [2.45, 2.75) is 0 Å². The molecule has 1 heterocycles. The fourth-order valence-electron chi connectivity index (χ4n) is 0.440. The number of ether oxygens (including phenoxy) is 2. The summed E-state index contributed by atoms with van der Waals surface area (Å²) in [5, 5.41) is 15.3. The van der Waals surface area contributed by atoms with Crippen LogP contribution >= 0.6 is 0 Å². The summed E-state index contributed by atoms with van der Waals surface area (Å²) in [4.78, 5) is 8.44. The van der Waals surface area contributed by atoms with Gasteiger partial charge in [-0.2, -0.15) is 0 Å². The van der Waals surface area contributed by atoms with E-state index in [0.29, 0.717) is 0 Å². The van der Waals surface area contributed by atoms with E-state index >= 15 is 0 Å². The first-order chi connectivity index (χ1) is 4.73. The predicted molar refractivity (Wildman–Crippen MR) is 29.7 cm³/mol. The van der Waals surface area contributed by atoms with Crippen molar-refractivity contribution in [3.63, 3.8) is 0 Å². The first-order valence-electron chi connectivity index (χ1n) is 2.79. The standard InChI is InChI=1S/C4H8O2.CH2O3.Na/c1-2-6-4-3-5-1;2-1(3)4;/h1-4H2;(H2,2,3,4);/q;;+1/p-1. The van der Waals surface area contributed by atoms with Gasteiger partial charge < -0.3 is 24.5 Å². The van der Waals surface area contributed by atoms with E-state index in [-0.39, 0.29) is 29.6 Å². The van der Waals surface area contributed by atoms with E-state index in [0.717, 1.165) is 26.4 Å². The van der Waals surface area contributed by atoms with Crippen LogP contribution in [0.5, 0.6) is 0 Å². The summed E-state index contributed by atoms with van der Waals surface area (Å²) in [5.74, 6) is 0. The van der Waals surface area contributed by atoms with Gasteiger partial charge in [-0.05, 0) is 0 Å². The molecule has 60 valence electrons. The third-order valence-corrected chi connectivity index (χ3v) is 0.744. The molecule has 1 rings (SSSR count). The van der Waals surface area contributed by atoms with Crippen LogP contribution in [-0.2, 0) is 9.47 Å². The molecule has 0 aliphatic carbocycles. The molecule has 0 amide bonds. The number of hydrogen-bond donors (Lipinski definition) is 1. The minimum absolute atomic E-state index is 0.